The number of ether oxygens (including phenoxy) is 1. The van der Waals surface area contributed by atoms with Gasteiger partial charge in [-0.1, -0.05) is 78.9 Å². The maximum Gasteiger partial charge on any atom is 0.305 e. The number of methoxy groups -OCH3 is 1. The first-order valence-corrected chi connectivity index (χ1v) is 13.5. The lowest BCUT2D eigenvalue weighted by molar-refractivity contribution is -0.137. The number of carbonyl (C=O) groups is 3. The van der Waals surface area contributed by atoms with Crippen LogP contribution in [0, 0.1) is 6.92 Å². The first-order chi connectivity index (χ1) is 19.9. The molecule has 7 nitrogen and oxygen atoms in total. The zero-order valence-electron chi connectivity index (χ0n) is 23.3. The van der Waals surface area contributed by atoms with Gasteiger partial charge >= 0.3 is 5.97 Å². The van der Waals surface area contributed by atoms with E-state index in [1.54, 1.807) is 36.3 Å². The molecule has 0 aliphatic carbocycles. The molecule has 0 bridgehead atoms. The summed E-state index contributed by atoms with van der Waals surface area (Å²) in [6, 6.07) is 29.8. The number of hydrogen-bond donors (Lipinski definition) is 2. The summed E-state index contributed by atoms with van der Waals surface area (Å²) >= 11 is 0. The molecule has 2 N–H and O–H groups in total. The molecule has 4 rings (SSSR count). The molecule has 0 heterocycles. The summed E-state index contributed by atoms with van der Waals surface area (Å²) in [6.45, 7) is 2.74. The van der Waals surface area contributed by atoms with E-state index in [1.807, 2.05) is 79.7 Å². The summed E-state index contributed by atoms with van der Waals surface area (Å²) in [5.74, 6) is -0.815. The third kappa shape index (κ3) is 7.39. The van der Waals surface area contributed by atoms with E-state index in [0.717, 1.165) is 16.7 Å². The minimum atomic E-state index is -0.982. The molecule has 4 aromatic carbocycles. The lowest BCUT2D eigenvalue weighted by atomic mass is 9.94. The van der Waals surface area contributed by atoms with Crippen LogP contribution >= 0.6 is 0 Å². The van der Waals surface area contributed by atoms with Gasteiger partial charge in [0.2, 0.25) is 0 Å². The second-order valence-corrected chi connectivity index (χ2v) is 9.70. The van der Waals surface area contributed by atoms with E-state index < -0.39 is 5.97 Å². The summed E-state index contributed by atoms with van der Waals surface area (Å²) in [5.41, 5.74) is 5.12. The molecule has 0 saturated carbocycles. The second kappa shape index (κ2) is 13.9. The molecular formula is C34H34N2O5. The Labute approximate surface area is 240 Å². The van der Waals surface area contributed by atoms with E-state index in [9.17, 15) is 19.5 Å². The number of aliphatic carboxylic acids is 1. The van der Waals surface area contributed by atoms with Crippen molar-refractivity contribution in [3.8, 4) is 16.9 Å². The molecule has 0 saturated heterocycles. The number of nitrogens with one attached hydrogen (secondary N) is 1. The molecule has 0 radical (unpaired) electrons. The number of aryl methyl sites for hydroxylation is 1. The van der Waals surface area contributed by atoms with Gasteiger partial charge in [-0.2, -0.15) is 0 Å². The zero-order chi connectivity index (χ0) is 29.2. The molecule has 0 unspecified atom stereocenters. The van der Waals surface area contributed by atoms with Crippen LogP contribution in [0.1, 0.15) is 43.8 Å². The quantitative estimate of drug-likeness (QED) is 0.234. The Hall–Kier alpha value is -4.91. The van der Waals surface area contributed by atoms with E-state index in [-0.39, 0.29) is 24.8 Å². The highest BCUT2D eigenvalue weighted by Crippen LogP contribution is 2.29. The Morgan fingerprint density at radius 1 is 0.756 bits per heavy atom. The van der Waals surface area contributed by atoms with Gasteiger partial charge in [0.25, 0.3) is 11.8 Å². The fraction of sp³-hybridized carbons (Fsp3) is 0.206. The highest BCUT2D eigenvalue weighted by Gasteiger charge is 2.23. The molecule has 41 heavy (non-hydrogen) atoms. The average Bonchev–Trinajstić information content (AvgIpc) is 3.00. The number of hydrogen-bond acceptors (Lipinski definition) is 4. The number of benzene rings is 4. The summed E-state index contributed by atoms with van der Waals surface area (Å²) in [5, 5.41) is 12.4. The Bertz CT molecular complexity index is 1530. The molecule has 7 heteroatoms. The van der Waals surface area contributed by atoms with Crippen LogP contribution in [0.4, 0.5) is 0 Å². The van der Waals surface area contributed by atoms with Crippen molar-refractivity contribution in [2.24, 2.45) is 0 Å². The van der Waals surface area contributed by atoms with Gasteiger partial charge in [-0.05, 0) is 59.4 Å². The summed E-state index contributed by atoms with van der Waals surface area (Å²) in [6.07, 6.45) is 0.313. The number of rotatable bonds is 12. The minimum absolute atomic E-state index is 0.0518. The van der Waals surface area contributed by atoms with Crippen molar-refractivity contribution < 1.29 is 24.2 Å². The number of carbonyl (C=O) groups excluding carboxylic acids is 2. The van der Waals surface area contributed by atoms with Crippen LogP contribution in [0.2, 0.25) is 0 Å². The number of nitrogens with zero attached hydrogens (tertiary/aromatic N) is 1. The first kappa shape index (κ1) is 29.1. The third-order valence-electron chi connectivity index (χ3n) is 7.05. The lowest BCUT2D eigenvalue weighted by Gasteiger charge is -2.24. The monoisotopic (exact) mass is 550 g/mol. The van der Waals surface area contributed by atoms with Crippen molar-refractivity contribution in [2.75, 3.05) is 20.2 Å². The number of carboxylic acid groups (broad SMARTS) is 1. The molecule has 2 amide bonds. The van der Waals surface area contributed by atoms with Crippen LogP contribution in [0.3, 0.4) is 0 Å². The van der Waals surface area contributed by atoms with Gasteiger partial charge in [-0.25, -0.2) is 0 Å². The highest BCUT2D eigenvalue weighted by molar-refractivity contribution is 6.06. The summed E-state index contributed by atoms with van der Waals surface area (Å²) < 4.78 is 5.45. The Morgan fingerprint density at radius 3 is 2.02 bits per heavy atom. The first-order valence-electron chi connectivity index (χ1n) is 13.5. The van der Waals surface area contributed by atoms with E-state index >= 15 is 0 Å². The van der Waals surface area contributed by atoms with Crippen LogP contribution in [-0.2, 0) is 17.8 Å². The number of para-hydroxylation sites is 1. The van der Waals surface area contributed by atoms with Gasteiger partial charge in [0, 0.05) is 30.8 Å². The largest absolute Gasteiger partial charge is 0.496 e. The summed E-state index contributed by atoms with van der Waals surface area (Å²) in [7, 11) is 1.59. The van der Waals surface area contributed by atoms with Crippen molar-refractivity contribution in [3.05, 3.63) is 125 Å². The van der Waals surface area contributed by atoms with Crippen molar-refractivity contribution in [2.45, 2.75) is 26.3 Å². The molecule has 0 fully saturated rings. The highest BCUT2D eigenvalue weighted by atomic mass is 16.5. The van der Waals surface area contributed by atoms with Crippen molar-refractivity contribution in [1.29, 1.82) is 0 Å². The average molecular weight is 551 g/mol. The number of carboxylic acids is 1. The third-order valence-corrected chi connectivity index (χ3v) is 7.05. The number of amides is 2. The predicted octanol–water partition coefficient (Wildman–Crippen LogP) is 5.76. The van der Waals surface area contributed by atoms with Gasteiger partial charge in [-0.15, -0.1) is 0 Å². The van der Waals surface area contributed by atoms with Gasteiger partial charge in [0.05, 0.1) is 13.5 Å². The van der Waals surface area contributed by atoms with E-state index in [2.05, 4.69) is 5.32 Å². The lowest BCUT2D eigenvalue weighted by Crippen LogP contribution is -2.35. The van der Waals surface area contributed by atoms with Crippen molar-refractivity contribution in [3.63, 3.8) is 0 Å². The molecule has 210 valence electrons. The van der Waals surface area contributed by atoms with Gasteiger partial charge < -0.3 is 20.1 Å². The second-order valence-electron chi connectivity index (χ2n) is 9.70. The SMILES string of the molecule is COc1ccccc1CCN(CCC(=O)O)C(=O)c1ccccc1-c1ccccc1C(=O)NCc1ccccc1C. The standard InChI is InChI=1S/C34H34N2O5/c1-24-11-3-4-13-26(24)23-35-33(39)29-16-8-6-14-27(29)28-15-7-9-17-30(28)34(40)36(22-20-32(37)38)21-19-25-12-5-10-18-31(25)41-2/h3-18H,19-23H2,1-2H3,(H,35,39)(H,37,38). The van der Waals surface area contributed by atoms with Crippen LogP contribution in [0.5, 0.6) is 5.75 Å². The van der Waals surface area contributed by atoms with E-state index in [0.29, 0.717) is 47.5 Å². The normalized spacial score (nSPS) is 10.6. The summed E-state index contributed by atoms with van der Waals surface area (Å²) in [4.78, 5) is 40.3. The predicted molar refractivity (Wildman–Crippen MR) is 159 cm³/mol. The molecule has 4 aromatic rings. The Kier molecular flexibility index (Phi) is 9.89. The molecule has 0 spiro atoms. The van der Waals surface area contributed by atoms with Crippen LogP contribution in [0.15, 0.2) is 97.1 Å². The topological polar surface area (TPSA) is 95.9 Å². The maximum atomic E-state index is 14.0. The van der Waals surface area contributed by atoms with Crippen molar-refractivity contribution >= 4 is 17.8 Å². The molecule has 0 atom stereocenters. The van der Waals surface area contributed by atoms with E-state index in [1.165, 1.54) is 0 Å². The molecular weight excluding hydrogens is 516 g/mol. The minimum Gasteiger partial charge on any atom is -0.496 e. The van der Waals surface area contributed by atoms with Gasteiger partial charge in [0.15, 0.2) is 0 Å². The van der Waals surface area contributed by atoms with Gasteiger partial charge in [0.1, 0.15) is 5.75 Å². The van der Waals surface area contributed by atoms with Crippen LogP contribution in [-0.4, -0.2) is 48.0 Å². The van der Waals surface area contributed by atoms with Crippen LogP contribution < -0.4 is 10.1 Å². The van der Waals surface area contributed by atoms with E-state index in [4.69, 9.17) is 4.74 Å². The Morgan fingerprint density at radius 2 is 1.34 bits per heavy atom. The maximum absolute atomic E-state index is 14.0. The molecule has 0 aliphatic rings. The Balaban J connectivity index is 1.62. The smallest absolute Gasteiger partial charge is 0.305 e. The zero-order valence-corrected chi connectivity index (χ0v) is 23.3. The van der Waals surface area contributed by atoms with Crippen LogP contribution in [0.25, 0.3) is 11.1 Å². The fourth-order valence-corrected chi connectivity index (χ4v) is 4.78. The molecule has 0 aliphatic heterocycles. The van der Waals surface area contributed by atoms with Gasteiger partial charge in [-0.3, -0.25) is 14.4 Å². The molecule has 0 aromatic heterocycles. The fourth-order valence-electron chi connectivity index (χ4n) is 4.78. The van der Waals surface area contributed by atoms with Crippen molar-refractivity contribution in [1.82, 2.24) is 10.2 Å².